The molecule has 2 aliphatic heterocycles. The van der Waals surface area contributed by atoms with E-state index < -0.39 is 23.6 Å². The summed E-state index contributed by atoms with van der Waals surface area (Å²) < 4.78 is 18.0. The Labute approximate surface area is 181 Å². The number of aliphatic carboxylic acids is 1. The van der Waals surface area contributed by atoms with E-state index in [2.05, 4.69) is 0 Å². The molecule has 0 unspecified atom stereocenters. The lowest BCUT2D eigenvalue weighted by Gasteiger charge is -2.50. The number of carbonyl (C=O) groups is 1. The summed E-state index contributed by atoms with van der Waals surface area (Å²) in [4.78, 5) is 12.1. The van der Waals surface area contributed by atoms with Gasteiger partial charge in [0, 0.05) is 16.5 Å². The lowest BCUT2D eigenvalue weighted by molar-refractivity contribution is -0.188. The first kappa shape index (κ1) is 21.0. The van der Waals surface area contributed by atoms with Crippen molar-refractivity contribution >= 4 is 17.6 Å². The van der Waals surface area contributed by atoms with Crippen molar-refractivity contribution < 1.29 is 24.1 Å². The van der Waals surface area contributed by atoms with Crippen molar-refractivity contribution in [3.63, 3.8) is 0 Å². The van der Waals surface area contributed by atoms with Gasteiger partial charge in [-0.05, 0) is 69.0 Å². The summed E-state index contributed by atoms with van der Waals surface area (Å²) >= 11 is 6.25. The standard InChI is InChI=1S/C24H27ClO5/c1-24(2)19-13-18(23(26)27)20(9-7-14-5-4-6-16(11-14)28-3)29-22(19)17-12-15(25)8-10-21(17)30-24/h4-6,8,10-12,18-20,22H,7,9,13H2,1-3H3,(H,26,27)/t18-,19+,20+,22-/m1/s1. The van der Waals surface area contributed by atoms with E-state index in [1.54, 1.807) is 13.2 Å². The fourth-order valence-electron chi connectivity index (χ4n) is 4.73. The monoisotopic (exact) mass is 430 g/mol. The van der Waals surface area contributed by atoms with Gasteiger partial charge in [-0.1, -0.05) is 23.7 Å². The van der Waals surface area contributed by atoms with Crippen molar-refractivity contribution in [1.29, 1.82) is 0 Å². The molecule has 6 heteroatoms. The average Bonchev–Trinajstić information content (AvgIpc) is 2.72. The number of carboxylic acid groups (broad SMARTS) is 1. The molecule has 0 saturated carbocycles. The molecule has 30 heavy (non-hydrogen) atoms. The molecule has 4 rings (SSSR count). The van der Waals surface area contributed by atoms with E-state index in [1.807, 2.05) is 50.2 Å². The van der Waals surface area contributed by atoms with Crippen molar-refractivity contribution in [3.8, 4) is 11.5 Å². The molecule has 4 atom stereocenters. The average molecular weight is 431 g/mol. The molecular weight excluding hydrogens is 404 g/mol. The van der Waals surface area contributed by atoms with Crippen LogP contribution in [0.2, 0.25) is 5.02 Å². The van der Waals surface area contributed by atoms with Crippen LogP contribution in [0.1, 0.15) is 43.9 Å². The Bertz CT molecular complexity index is 941. The zero-order chi connectivity index (χ0) is 21.5. The second-order valence-corrected chi connectivity index (χ2v) is 9.10. The van der Waals surface area contributed by atoms with Crippen LogP contribution in [0, 0.1) is 11.8 Å². The van der Waals surface area contributed by atoms with Crippen molar-refractivity contribution in [3.05, 3.63) is 58.6 Å². The largest absolute Gasteiger partial charge is 0.497 e. The highest BCUT2D eigenvalue weighted by Crippen LogP contribution is 2.52. The summed E-state index contributed by atoms with van der Waals surface area (Å²) in [6.07, 6.45) is 1.20. The predicted octanol–water partition coefficient (Wildman–Crippen LogP) is 5.30. The minimum atomic E-state index is -0.822. The molecule has 1 N–H and O–H groups in total. The molecule has 0 aliphatic carbocycles. The summed E-state index contributed by atoms with van der Waals surface area (Å²) in [6, 6.07) is 13.4. The van der Waals surface area contributed by atoms with Crippen molar-refractivity contribution in [2.45, 2.75) is 50.9 Å². The Balaban J connectivity index is 1.61. The topological polar surface area (TPSA) is 65.0 Å². The normalized spacial score (nSPS) is 26.8. The Kier molecular flexibility index (Phi) is 5.69. The molecule has 0 bridgehead atoms. The van der Waals surface area contributed by atoms with Crippen molar-refractivity contribution in [2.24, 2.45) is 11.8 Å². The van der Waals surface area contributed by atoms with Gasteiger partial charge in [0.1, 0.15) is 17.1 Å². The van der Waals surface area contributed by atoms with Gasteiger partial charge in [0.15, 0.2) is 0 Å². The van der Waals surface area contributed by atoms with Crippen LogP contribution in [0.15, 0.2) is 42.5 Å². The van der Waals surface area contributed by atoms with Crippen LogP contribution < -0.4 is 9.47 Å². The minimum Gasteiger partial charge on any atom is -0.497 e. The van der Waals surface area contributed by atoms with Crippen LogP contribution in [0.4, 0.5) is 0 Å². The first-order valence-electron chi connectivity index (χ1n) is 10.3. The number of aryl methyl sites for hydroxylation is 1. The van der Waals surface area contributed by atoms with E-state index >= 15 is 0 Å². The van der Waals surface area contributed by atoms with Crippen LogP contribution >= 0.6 is 11.6 Å². The van der Waals surface area contributed by atoms with Gasteiger partial charge >= 0.3 is 5.97 Å². The Morgan fingerprint density at radius 2 is 2.07 bits per heavy atom. The maximum atomic E-state index is 12.1. The molecule has 2 aromatic rings. The maximum Gasteiger partial charge on any atom is 0.309 e. The number of carboxylic acids is 1. The van der Waals surface area contributed by atoms with E-state index in [9.17, 15) is 9.90 Å². The molecule has 0 aromatic heterocycles. The zero-order valence-electron chi connectivity index (χ0n) is 17.4. The summed E-state index contributed by atoms with van der Waals surface area (Å²) in [5.74, 6) is 0.0718. The molecule has 0 amide bonds. The maximum absolute atomic E-state index is 12.1. The Hall–Kier alpha value is -2.24. The lowest BCUT2D eigenvalue weighted by atomic mass is 9.71. The summed E-state index contributed by atoms with van der Waals surface area (Å²) in [6.45, 7) is 4.00. The van der Waals surface area contributed by atoms with Crippen LogP contribution in [-0.2, 0) is 16.0 Å². The van der Waals surface area contributed by atoms with E-state index in [4.69, 9.17) is 25.8 Å². The third-order valence-corrected chi connectivity index (χ3v) is 6.59. The molecule has 1 saturated heterocycles. The first-order chi connectivity index (χ1) is 14.3. The van der Waals surface area contributed by atoms with Gasteiger partial charge < -0.3 is 19.3 Å². The van der Waals surface area contributed by atoms with Gasteiger partial charge in [-0.15, -0.1) is 0 Å². The zero-order valence-corrected chi connectivity index (χ0v) is 18.2. The molecule has 5 nitrogen and oxygen atoms in total. The SMILES string of the molecule is COc1cccc(CC[C@@H]2O[C@@H]3c4cc(Cl)ccc4OC(C)(C)[C@H]3C[C@H]2C(=O)O)c1. The highest BCUT2D eigenvalue weighted by atomic mass is 35.5. The van der Waals surface area contributed by atoms with E-state index in [0.717, 1.165) is 22.6 Å². The number of ether oxygens (including phenoxy) is 3. The summed E-state index contributed by atoms with van der Waals surface area (Å²) in [5, 5.41) is 10.5. The Morgan fingerprint density at radius 1 is 1.27 bits per heavy atom. The summed E-state index contributed by atoms with van der Waals surface area (Å²) in [5.41, 5.74) is 1.47. The predicted molar refractivity (Wildman–Crippen MR) is 114 cm³/mol. The molecule has 0 radical (unpaired) electrons. The van der Waals surface area contributed by atoms with Crippen LogP contribution in [0.25, 0.3) is 0 Å². The quantitative estimate of drug-likeness (QED) is 0.697. The van der Waals surface area contributed by atoms with Gasteiger partial charge in [0.2, 0.25) is 0 Å². The van der Waals surface area contributed by atoms with Crippen LogP contribution in [0.3, 0.4) is 0 Å². The van der Waals surface area contributed by atoms with Crippen molar-refractivity contribution in [2.75, 3.05) is 7.11 Å². The number of methoxy groups -OCH3 is 1. The van der Waals surface area contributed by atoms with Crippen LogP contribution in [-0.4, -0.2) is 29.9 Å². The smallest absolute Gasteiger partial charge is 0.309 e. The van der Waals surface area contributed by atoms with E-state index in [-0.39, 0.29) is 12.0 Å². The van der Waals surface area contributed by atoms with Crippen LogP contribution in [0.5, 0.6) is 11.5 Å². The second-order valence-electron chi connectivity index (χ2n) is 8.66. The molecule has 0 spiro atoms. The molecule has 2 aromatic carbocycles. The molecule has 1 fully saturated rings. The summed E-state index contributed by atoms with van der Waals surface area (Å²) in [7, 11) is 1.64. The van der Waals surface area contributed by atoms with Gasteiger partial charge in [-0.25, -0.2) is 0 Å². The fraction of sp³-hybridized carbons (Fsp3) is 0.458. The van der Waals surface area contributed by atoms with Crippen molar-refractivity contribution in [1.82, 2.24) is 0 Å². The fourth-order valence-corrected chi connectivity index (χ4v) is 4.91. The molecule has 2 aliphatic rings. The minimum absolute atomic E-state index is 0.0716. The van der Waals surface area contributed by atoms with E-state index in [1.165, 1.54) is 0 Å². The third-order valence-electron chi connectivity index (χ3n) is 6.36. The molecule has 160 valence electrons. The first-order valence-corrected chi connectivity index (χ1v) is 10.7. The number of hydrogen-bond acceptors (Lipinski definition) is 4. The van der Waals surface area contributed by atoms with Gasteiger partial charge in [-0.2, -0.15) is 0 Å². The number of rotatable bonds is 5. The van der Waals surface area contributed by atoms with E-state index in [0.29, 0.717) is 24.3 Å². The van der Waals surface area contributed by atoms with Gasteiger partial charge in [-0.3, -0.25) is 4.79 Å². The third kappa shape index (κ3) is 4.01. The number of hydrogen-bond donors (Lipinski definition) is 1. The molecular formula is C24H27ClO5. The lowest BCUT2D eigenvalue weighted by Crippen LogP contribution is -2.52. The Morgan fingerprint density at radius 3 is 2.80 bits per heavy atom. The number of fused-ring (bicyclic) bond motifs is 3. The number of benzene rings is 2. The van der Waals surface area contributed by atoms with Gasteiger partial charge in [0.25, 0.3) is 0 Å². The molecule has 2 heterocycles. The van der Waals surface area contributed by atoms with Gasteiger partial charge in [0.05, 0.1) is 25.2 Å². The highest BCUT2D eigenvalue weighted by molar-refractivity contribution is 6.30. The second kappa shape index (κ2) is 8.12. The number of halogens is 1. The highest BCUT2D eigenvalue weighted by Gasteiger charge is 2.51.